The number of rotatable bonds is 8. The van der Waals surface area contributed by atoms with Crippen molar-refractivity contribution in [1.82, 2.24) is 4.13 Å². The molecule has 0 aliphatic carbocycles. The van der Waals surface area contributed by atoms with Crippen molar-refractivity contribution in [2.24, 2.45) is 5.73 Å². The van der Waals surface area contributed by atoms with E-state index in [1.165, 1.54) is 38.5 Å². The molecule has 0 amide bonds. The predicted molar refractivity (Wildman–Crippen MR) is 80.1 cm³/mol. The van der Waals surface area contributed by atoms with Gasteiger partial charge in [0.1, 0.15) is 0 Å². The summed E-state index contributed by atoms with van der Waals surface area (Å²) in [6.45, 7) is 4.42. The molecular formula is C11H22F6N2O4S2. The average Bonchev–Trinajstić information content (AvgIpc) is 2.36. The minimum Gasteiger partial charge on any atom is -0.328 e. The first-order valence-electron chi connectivity index (χ1n) is 7.18. The fourth-order valence-electron chi connectivity index (χ4n) is 1.41. The Labute approximate surface area is 143 Å². The van der Waals surface area contributed by atoms with Crippen molar-refractivity contribution in [1.29, 1.82) is 0 Å². The van der Waals surface area contributed by atoms with Crippen LogP contribution in [-0.2, 0) is 20.0 Å². The average molecular weight is 424 g/mol. The van der Waals surface area contributed by atoms with E-state index in [2.05, 4.69) is 13.8 Å². The second-order valence-electron chi connectivity index (χ2n) is 5.03. The van der Waals surface area contributed by atoms with Crippen molar-refractivity contribution in [2.45, 2.75) is 69.4 Å². The molecule has 154 valence electrons. The normalized spacial score (nSPS) is 14.6. The monoisotopic (exact) mass is 424 g/mol. The molecule has 6 nitrogen and oxygen atoms in total. The van der Waals surface area contributed by atoms with Gasteiger partial charge in [-0.2, -0.15) is 26.3 Å². The molecule has 25 heavy (non-hydrogen) atoms. The fraction of sp³-hybridized carbons (Fsp3) is 1.00. The predicted octanol–water partition coefficient (Wildman–Crippen LogP) is 2.97. The lowest BCUT2D eigenvalue weighted by Gasteiger charge is -2.11. The fourth-order valence-corrected chi connectivity index (χ4v) is 3.32. The van der Waals surface area contributed by atoms with Gasteiger partial charge in [-0.05, 0) is 12.8 Å². The van der Waals surface area contributed by atoms with Gasteiger partial charge < -0.3 is 5.73 Å². The van der Waals surface area contributed by atoms with E-state index in [9.17, 15) is 43.2 Å². The Kier molecular flexibility index (Phi) is 11.2. The third-order valence-corrected chi connectivity index (χ3v) is 5.64. The molecule has 0 aliphatic heterocycles. The van der Waals surface area contributed by atoms with E-state index in [0.717, 1.165) is 0 Å². The maximum absolute atomic E-state index is 11.5. The summed E-state index contributed by atoms with van der Waals surface area (Å²) in [4.78, 5) is 0. The molecule has 0 radical (unpaired) electrons. The standard InChI is InChI=1S/C9H21N.C2HF6NO4S2/c1-3-5-6-8-9(10)7-4-2;3-1(4,5)14(10,11)9-15(12,13)2(6,7)8/h9H,3-8,10H2,1-2H3;9H. The molecule has 0 fully saturated rings. The molecule has 0 aromatic heterocycles. The van der Waals surface area contributed by atoms with Crippen LogP contribution in [0, 0.1) is 0 Å². The Hall–Kier alpha value is -0.600. The third-order valence-electron chi connectivity index (χ3n) is 2.67. The van der Waals surface area contributed by atoms with E-state index in [1.807, 2.05) is 0 Å². The SMILES string of the molecule is CCCCCC(N)CCC.O=S(=O)(NS(=O)(=O)C(F)(F)F)C(F)(F)F. The molecule has 14 heteroatoms. The second-order valence-corrected chi connectivity index (χ2v) is 8.63. The van der Waals surface area contributed by atoms with Crippen molar-refractivity contribution in [3.63, 3.8) is 0 Å². The summed E-state index contributed by atoms with van der Waals surface area (Å²) in [7, 11) is -13.2. The van der Waals surface area contributed by atoms with E-state index >= 15 is 0 Å². The van der Waals surface area contributed by atoms with Crippen LogP contribution < -0.4 is 9.86 Å². The maximum Gasteiger partial charge on any atom is 0.512 e. The number of nitrogens with two attached hydrogens (primary N) is 1. The Morgan fingerprint density at radius 2 is 1.20 bits per heavy atom. The van der Waals surface area contributed by atoms with Gasteiger partial charge in [0.05, 0.1) is 0 Å². The van der Waals surface area contributed by atoms with E-state index in [-0.39, 0.29) is 0 Å². The molecule has 0 rings (SSSR count). The van der Waals surface area contributed by atoms with Crippen LogP contribution in [0.15, 0.2) is 0 Å². The summed E-state index contributed by atoms with van der Waals surface area (Å²) < 4.78 is 108. The number of hydrogen-bond donors (Lipinski definition) is 2. The first kappa shape index (κ1) is 26.6. The molecule has 0 saturated carbocycles. The molecule has 0 aliphatic rings. The largest absolute Gasteiger partial charge is 0.512 e. The van der Waals surface area contributed by atoms with Crippen LogP contribution in [-0.4, -0.2) is 33.9 Å². The van der Waals surface area contributed by atoms with E-state index in [0.29, 0.717) is 6.04 Å². The molecule has 0 spiro atoms. The molecular weight excluding hydrogens is 402 g/mol. The lowest BCUT2D eigenvalue weighted by atomic mass is 10.1. The summed E-state index contributed by atoms with van der Waals surface area (Å²) in [5.41, 5.74) is -6.47. The minimum atomic E-state index is -6.60. The quantitative estimate of drug-likeness (QED) is 0.460. The van der Waals surface area contributed by atoms with Crippen LogP contribution in [0.4, 0.5) is 26.3 Å². The molecule has 0 heterocycles. The highest BCUT2D eigenvalue weighted by Gasteiger charge is 2.55. The van der Waals surface area contributed by atoms with Gasteiger partial charge in [-0.1, -0.05) is 43.7 Å². The molecule has 0 saturated heterocycles. The van der Waals surface area contributed by atoms with E-state index in [4.69, 9.17) is 5.73 Å². The van der Waals surface area contributed by atoms with E-state index < -0.39 is 35.2 Å². The highest BCUT2D eigenvalue weighted by atomic mass is 32.3. The van der Waals surface area contributed by atoms with Crippen LogP contribution in [0.25, 0.3) is 0 Å². The van der Waals surface area contributed by atoms with Gasteiger partial charge in [-0.15, -0.1) is 0 Å². The van der Waals surface area contributed by atoms with Crippen molar-refractivity contribution in [3.8, 4) is 0 Å². The summed E-state index contributed by atoms with van der Waals surface area (Å²) >= 11 is 0. The van der Waals surface area contributed by atoms with Crippen molar-refractivity contribution in [2.75, 3.05) is 0 Å². The van der Waals surface area contributed by atoms with Gasteiger partial charge >= 0.3 is 31.1 Å². The number of unbranched alkanes of at least 4 members (excludes halogenated alkanes) is 2. The number of nitrogens with one attached hydrogen (secondary N) is 1. The molecule has 0 aromatic rings. The summed E-state index contributed by atoms with van der Waals surface area (Å²) in [6.07, 6.45) is 7.62. The third kappa shape index (κ3) is 10.9. The summed E-state index contributed by atoms with van der Waals surface area (Å²) in [5, 5.41) is 0. The first-order valence-corrected chi connectivity index (χ1v) is 10.1. The van der Waals surface area contributed by atoms with Gasteiger partial charge in [0.15, 0.2) is 0 Å². The van der Waals surface area contributed by atoms with Crippen LogP contribution in [0.1, 0.15) is 52.4 Å². The number of hydrogen-bond acceptors (Lipinski definition) is 5. The molecule has 0 aromatic carbocycles. The Bertz CT molecular complexity index is 530. The van der Waals surface area contributed by atoms with Gasteiger partial charge in [0, 0.05) is 6.04 Å². The van der Waals surface area contributed by atoms with Crippen molar-refractivity contribution < 1.29 is 43.2 Å². The zero-order chi connectivity index (χ0) is 20.5. The van der Waals surface area contributed by atoms with Gasteiger partial charge in [0.25, 0.3) is 0 Å². The summed E-state index contributed by atoms with van der Waals surface area (Å²) in [6, 6.07) is 0.469. The zero-order valence-electron chi connectivity index (χ0n) is 13.6. The Morgan fingerprint density at radius 3 is 1.48 bits per heavy atom. The lowest BCUT2D eigenvalue weighted by molar-refractivity contribution is -0.0476. The van der Waals surface area contributed by atoms with Gasteiger partial charge in [-0.25, -0.2) is 16.8 Å². The topological polar surface area (TPSA) is 106 Å². The highest BCUT2D eigenvalue weighted by Crippen LogP contribution is 2.27. The summed E-state index contributed by atoms with van der Waals surface area (Å²) in [5.74, 6) is 0. The Morgan fingerprint density at radius 1 is 0.800 bits per heavy atom. The van der Waals surface area contributed by atoms with Crippen molar-refractivity contribution in [3.05, 3.63) is 0 Å². The van der Waals surface area contributed by atoms with Crippen LogP contribution >= 0.6 is 0 Å². The molecule has 3 N–H and O–H groups in total. The van der Waals surface area contributed by atoms with E-state index in [1.54, 1.807) is 0 Å². The number of alkyl halides is 6. The first-order chi connectivity index (χ1) is 11.0. The van der Waals surface area contributed by atoms with Crippen LogP contribution in [0.5, 0.6) is 0 Å². The van der Waals surface area contributed by atoms with Crippen LogP contribution in [0.2, 0.25) is 0 Å². The molecule has 1 atom stereocenters. The smallest absolute Gasteiger partial charge is 0.328 e. The maximum atomic E-state index is 11.5. The van der Waals surface area contributed by atoms with Gasteiger partial charge in [-0.3, -0.25) is 0 Å². The van der Waals surface area contributed by atoms with Crippen LogP contribution in [0.3, 0.4) is 0 Å². The zero-order valence-corrected chi connectivity index (χ0v) is 15.2. The molecule has 0 bridgehead atoms. The number of halogens is 6. The minimum absolute atomic E-state index is 0.469. The van der Waals surface area contributed by atoms with Crippen molar-refractivity contribution >= 4 is 20.0 Å². The van der Waals surface area contributed by atoms with Gasteiger partial charge in [0.2, 0.25) is 0 Å². The number of sulfonamides is 2. The highest BCUT2D eigenvalue weighted by molar-refractivity contribution is 8.05. The Balaban J connectivity index is 0. The second kappa shape index (κ2) is 10.5. The molecule has 1 unspecified atom stereocenters. The lowest BCUT2D eigenvalue weighted by Crippen LogP contribution is -2.45.